The average Bonchev–Trinajstić information content (AvgIpc) is 3.31. The van der Waals surface area contributed by atoms with Crippen molar-refractivity contribution < 1.29 is 9.21 Å². The first-order valence-corrected chi connectivity index (χ1v) is 9.39. The Morgan fingerprint density at radius 1 is 1.32 bits per heavy atom. The molecule has 1 saturated heterocycles. The molecule has 0 aliphatic carbocycles. The molecule has 0 aromatic carbocycles. The van der Waals surface area contributed by atoms with E-state index in [9.17, 15) is 9.59 Å². The monoisotopic (exact) mass is 384 g/mol. The molecule has 4 rings (SSSR count). The van der Waals surface area contributed by atoms with Crippen molar-refractivity contribution in [1.29, 1.82) is 0 Å². The highest BCUT2D eigenvalue weighted by molar-refractivity contribution is 5.93. The lowest BCUT2D eigenvalue weighted by molar-refractivity contribution is 0.0717. The SMILES string of the molecule is CC(C)(C)n1ncc2c(=O)[nH]c(NC3CCN(C(=O)c4ccoc4)CC3)nc21. The van der Waals surface area contributed by atoms with Crippen molar-refractivity contribution in [3.8, 4) is 0 Å². The smallest absolute Gasteiger partial charge is 0.263 e. The molecule has 2 N–H and O–H groups in total. The molecule has 3 aromatic heterocycles. The molecule has 148 valence electrons. The second-order valence-electron chi connectivity index (χ2n) is 8.10. The number of hydrogen-bond donors (Lipinski definition) is 2. The summed E-state index contributed by atoms with van der Waals surface area (Å²) >= 11 is 0. The Kier molecular flexibility index (Phi) is 4.44. The number of furan rings is 1. The first-order chi connectivity index (χ1) is 13.3. The molecule has 3 aromatic rings. The highest BCUT2D eigenvalue weighted by atomic mass is 16.3. The molecular formula is C19H24N6O3. The van der Waals surface area contributed by atoms with Gasteiger partial charge in [0, 0.05) is 19.1 Å². The minimum Gasteiger partial charge on any atom is -0.472 e. The standard InChI is InChI=1S/C19H24N6O3/c1-19(2,3)25-15-14(10-20-25)16(26)23-18(22-15)21-13-4-7-24(8-5-13)17(27)12-6-9-28-11-12/h6,9-11,13H,4-5,7-8H2,1-3H3,(H2,21,22,23,26). The average molecular weight is 384 g/mol. The van der Waals surface area contributed by atoms with Crippen LogP contribution in [-0.4, -0.2) is 49.7 Å². The maximum Gasteiger partial charge on any atom is 0.263 e. The topological polar surface area (TPSA) is 109 Å². The fourth-order valence-corrected chi connectivity index (χ4v) is 3.47. The summed E-state index contributed by atoms with van der Waals surface area (Å²) in [7, 11) is 0. The number of rotatable bonds is 3. The van der Waals surface area contributed by atoms with Gasteiger partial charge in [-0.2, -0.15) is 10.1 Å². The van der Waals surface area contributed by atoms with Crippen molar-refractivity contribution >= 4 is 22.9 Å². The number of fused-ring (bicyclic) bond motifs is 1. The van der Waals surface area contributed by atoms with Crippen LogP contribution in [0.5, 0.6) is 0 Å². The number of aromatic amines is 1. The Morgan fingerprint density at radius 2 is 2.07 bits per heavy atom. The molecule has 0 bridgehead atoms. The number of likely N-dealkylation sites (tertiary alicyclic amines) is 1. The maximum atomic E-state index is 12.4. The van der Waals surface area contributed by atoms with Gasteiger partial charge in [-0.15, -0.1) is 0 Å². The quantitative estimate of drug-likeness (QED) is 0.716. The zero-order valence-corrected chi connectivity index (χ0v) is 16.2. The molecule has 1 amide bonds. The van der Waals surface area contributed by atoms with Gasteiger partial charge in [0.25, 0.3) is 11.5 Å². The maximum absolute atomic E-state index is 12.4. The van der Waals surface area contributed by atoms with E-state index in [0.717, 1.165) is 12.8 Å². The molecule has 9 heteroatoms. The molecule has 0 unspecified atom stereocenters. The number of nitrogens with zero attached hydrogens (tertiary/aromatic N) is 4. The molecule has 0 atom stereocenters. The molecule has 28 heavy (non-hydrogen) atoms. The summed E-state index contributed by atoms with van der Waals surface area (Å²) in [5.74, 6) is 0.414. The number of piperidine rings is 1. The Labute approximate surface area is 161 Å². The van der Waals surface area contributed by atoms with Crippen LogP contribution >= 0.6 is 0 Å². The van der Waals surface area contributed by atoms with Crippen LogP contribution in [0.4, 0.5) is 5.95 Å². The first-order valence-electron chi connectivity index (χ1n) is 9.39. The first kappa shape index (κ1) is 18.3. The van der Waals surface area contributed by atoms with Gasteiger partial charge in [-0.25, -0.2) is 4.68 Å². The molecule has 0 saturated carbocycles. The summed E-state index contributed by atoms with van der Waals surface area (Å²) in [5, 5.41) is 8.11. The summed E-state index contributed by atoms with van der Waals surface area (Å²) < 4.78 is 6.75. The number of anilines is 1. The third-order valence-electron chi connectivity index (χ3n) is 4.96. The van der Waals surface area contributed by atoms with Gasteiger partial charge >= 0.3 is 0 Å². The van der Waals surface area contributed by atoms with E-state index in [0.29, 0.717) is 35.6 Å². The van der Waals surface area contributed by atoms with Gasteiger partial charge < -0.3 is 14.6 Å². The fourth-order valence-electron chi connectivity index (χ4n) is 3.47. The van der Waals surface area contributed by atoms with Gasteiger partial charge in [0.15, 0.2) is 5.65 Å². The summed E-state index contributed by atoms with van der Waals surface area (Å²) in [6.45, 7) is 7.31. The van der Waals surface area contributed by atoms with Gasteiger partial charge in [0.05, 0.1) is 23.6 Å². The van der Waals surface area contributed by atoms with Crippen LogP contribution < -0.4 is 10.9 Å². The van der Waals surface area contributed by atoms with Gasteiger partial charge in [0.2, 0.25) is 5.95 Å². The number of nitrogens with one attached hydrogen (secondary N) is 2. The molecular weight excluding hydrogens is 360 g/mol. The predicted octanol–water partition coefficient (Wildman–Crippen LogP) is 2.18. The van der Waals surface area contributed by atoms with Crippen LogP contribution in [0.1, 0.15) is 44.0 Å². The minimum atomic E-state index is -0.279. The zero-order valence-electron chi connectivity index (χ0n) is 16.2. The lowest BCUT2D eigenvalue weighted by Gasteiger charge is -2.32. The largest absolute Gasteiger partial charge is 0.472 e. The van der Waals surface area contributed by atoms with Crippen LogP contribution in [-0.2, 0) is 5.54 Å². The Morgan fingerprint density at radius 3 is 2.71 bits per heavy atom. The van der Waals surface area contributed by atoms with Crippen LogP contribution in [0.25, 0.3) is 11.0 Å². The number of hydrogen-bond acceptors (Lipinski definition) is 6. The van der Waals surface area contributed by atoms with E-state index < -0.39 is 0 Å². The second-order valence-corrected chi connectivity index (χ2v) is 8.10. The highest BCUT2D eigenvalue weighted by Crippen LogP contribution is 2.20. The number of aromatic nitrogens is 4. The Balaban J connectivity index is 1.47. The molecule has 0 radical (unpaired) electrons. The van der Waals surface area contributed by atoms with Crippen LogP contribution in [0.15, 0.2) is 34.0 Å². The fraction of sp³-hybridized carbons (Fsp3) is 0.474. The predicted molar refractivity (Wildman–Crippen MR) is 104 cm³/mol. The summed E-state index contributed by atoms with van der Waals surface area (Å²) in [4.78, 5) is 34.0. The van der Waals surface area contributed by atoms with Gasteiger partial charge in [-0.1, -0.05) is 0 Å². The van der Waals surface area contributed by atoms with E-state index in [-0.39, 0.29) is 23.0 Å². The van der Waals surface area contributed by atoms with E-state index in [4.69, 9.17) is 4.42 Å². The zero-order chi connectivity index (χ0) is 19.9. The molecule has 9 nitrogen and oxygen atoms in total. The van der Waals surface area contributed by atoms with Crippen LogP contribution in [0.3, 0.4) is 0 Å². The molecule has 1 fully saturated rings. The van der Waals surface area contributed by atoms with Crippen LogP contribution in [0, 0.1) is 0 Å². The van der Waals surface area contributed by atoms with E-state index >= 15 is 0 Å². The Hall–Kier alpha value is -3.10. The van der Waals surface area contributed by atoms with Crippen molar-refractivity contribution in [3.05, 3.63) is 40.7 Å². The molecule has 1 aliphatic rings. The van der Waals surface area contributed by atoms with Gasteiger partial charge in [-0.3, -0.25) is 14.6 Å². The third kappa shape index (κ3) is 3.39. The number of carbonyl (C=O) groups excluding carboxylic acids is 1. The molecule has 0 spiro atoms. The van der Waals surface area contributed by atoms with E-state index in [1.807, 2.05) is 25.7 Å². The van der Waals surface area contributed by atoms with E-state index in [2.05, 4.69) is 20.4 Å². The number of carbonyl (C=O) groups is 1. The van der Waals surface area contributed by atoms with Crippen molar-refractivity contribution in [2.24, 2.45) is 0 Å². The lowest BCUT2D eigenvalue weighted by atomic mass is 10.0. The van der Waals surface area contributed by atoms with Crippen molar-refractivity contribution in [2.45, 2.75) is 45.2 Å². The normalized spacial score (nSPS) is 15.9. The number of amides is 1. The van der Waals surface area contributed by atoms with Gasteiger partial charge in [0.1, 0.15) is 11.6 Å². The van der Waals surface area contributed by atoms with Crippen molar-refractivity contribution in [1.82, 2.24) is 24.6 Å². The molecule has 4 heterocycles. The van der Waals surface area contributed by atoms with Crippen molar-refractivity contribution in [2.75, 3.05) is 18.4 Å². The van der Waals surface area contributed by atoms with E-state index in [1.54, 1.807) is 16.9 Å². The van der Waals surface area contributed by atoms with E-state index in [1.165, 1.54) is 12.5 Å². The molecule has 1 aliphatic heterocycles. The minimum absolute atomic E-state index is 0.0192. The van der Waals surface area contributed by atoms with Crippen LogP contribution in [0.2, 0.25) is 0 Å². The summed E-state index contributed by atoms with van der Waals surface area (Å²) in [5.41, 5.74) is 0.638. The summed E-state index contributed by atoms with van der Waals surface area (Å²) in [6, 6.07) is 1.80. The summed E-state index contributed by atoms with van der Waals surface area (Å²) in [6.07, 6.45) is 6.06. The second kappa shape index (κ2) is 6.81. The highest BCUT2D eigenvalue weighted by Gasteiger charge is 2.25. The number of H-pyrrole nitrogens is 1. The third-order valence-corrected chi connectivity index (χ3v) is 4.96. The van der Waals surface area contributed by atoms with Crippen molar-refractivity contribution in [3.63, 3.8) is 0 Å². The lowest BCUT2D eigenvalue weighted by Crippen LogP contribution is -2.42. The Bertz CT molecular complexity index is 1040. The van der Waals surface area contributed by atoms with Gasteiger partial charge in [-0.05, 0) is 39.7 Å².